The van der Waals surface area contributed by atoms with Crippen molar-refractivity contribution >= 4 is 5.82 Å². The van der Waals surface area contributed by atoms with E-state index in [1.165, 1.54) is 0 Å². The van der Waals surface area contributed by atoms with Crippen molar-refractivity contribution in [1.29, 1.82) is 0 Å². The second kappa shape index (κ2) is 4.95. The van der Waals surface area contributed by atoms with Crippen LogP contribution in [0.15, 0.2) is 18.6 Å². The number of aryl methyl sites for hydroxylation is 2. The Morgan fingerprint density at radius 2 is 2.05 bits per heavy atom. The van der Waals surface area contributed by atoms with Gasteiger partial charge < -0.3 is 9.47 Å². The van der Waals surface area contributed by atoms with Crippen molar-refractivity contribution in [2.45, 2.75) is 25.7 Å². The number of aromatic nitrogens is 5. The molecule has 0 radical (unpaired) electrons. The smallest absolute Gasteiger partial charge is 0.135 e. The molecule has 0 saturated carbocycles. The number of hydrogen-bond acceptors (Lipinski definition) is 5. The average Bonchev–Trinajstić information content (AvgIpc) is 2.85. The molecule has 0 aliphatic carbocycles. The summed E-state index contributed by atoms with van der Waals surface area (Å²) in [4.78, 5) is 10.9. The lowest BCUT2D eigenvalue weighted by Gasteiger charge is -2.32. The predicted molar refractivity (Wildman–Crippen MR) is 72.0 cm³/mol. The van der Waals surface area contributed by atoms with Crippen LogP contribution in [0, 0.1) is 6.92 Å². The van der Waals surface area contributed by atoms with E-state index in [-0.39, 0.29) is 0 Å². The zero-order chi connectivity index (χ0) is 13.2. The van der Waals surface area contributed by atoms with Crippen LogP contribution in [0.25, 0.3) is 0 Å². The number of hydrogen-bond donors (Lipinski definition) is 0. The van der Waals surface area contributed by atoms with Gasteiger partial charge in [-0.05, 0) is 25.8 Å². The van der Waals surface area contributed by atoms with E-state index >= 15 is 0 Å². The maximum Gasteiger partial charge on any atom is 0.135 e. The molecule has 1 aliphatic rings. The number of rotatable bonds is 2. The molecule has 0 bridgehead atoms. The molecule has 0 unspecified atom stereocenters. The first-order chi connectivity index (χ1) is 9.24. The molecule has 0 N–H and O–H groups in total. The van der Waals surface area contributed by atoms with Gasteiger partial charge in [0.15, 0.2) is 0 Å². The first-order valence-electron chi connectivity index (χ1n) is 6.62. The number of piperidine rings is 1. The molecular formula is C13H18N6. The predicted octanol–water partition coefficient (Wildman–Crippen LogP) is 1.30. The zero-order valence-electron chi connectivity index (χ0n) is 11.3. The van der Waals surface area contributed by atoms with E-state index in [0.29, 0.717) is 5.92 Å². The van der Waals surface area contributed by atoms with E-state index < -0.39 is 0 Å². The van der Waals surface area contributed by atoms with Gasteiger partial charge in [0.2, 0.25) is 0 Å². The Labute approximate surface area is 112 Å². The third-order valence-corrected chi connectivity index (χ3v) is 3.69. The highest BCUT2D eigenvalue weighted by molar-refractivity contribution is 5.38. The molecule has 1 aliphatic heterocycles. The van der Waals surface area contributed by atoms with E-state index in [1.807, 2.05) is 30.8 Å². The molecule has 3 rings (SSSR count). The third kappa shape index (κ3) is 2.43. The van der Waals surface area contributed by atoms with Crippen LogP contribution in [0.5, 0.6) is 0 Å². The van der Waals surface area contributed by atoms with E-state index in [0.717, 1.165) is 43.4 Å². The molecule has 6 nitrogen and oxygen atoms in total. The van der Waals surface area contributed by atoms with Gasteiger partial charge in [-0.1, -0.05) is 0 Å². The molecule has 2 aromatic heterocycles. The highest BCUT2D eigenvalue weighted by Crippen LogP contribution is 2.28. The number of nitrogens with zero attached hydrogens (tertiary/aromatic N) is 6. The van der Waals surface area contributed by atoms with Crippen LogP contribution >= 0.6 is 0 Å². The van der Waals surface area contributed by atoms with E-state index in [1.54, 1.807) is 6.33 Å². The largest absolute Gasteiger partial charge is 0.356 e. The molecule has 0 amide bonds. The molecule has 6 heteroatoms. The van der Waals surface area contributed by atoms with Crippen LogP contribution in [0.3, 0.4) is 0 Å². The second-order valence-corrected chi connectivity index (χ2v) is 5.02. The Bertz CT molecular complexity index is 556. The van der Waals surface area contributed by atoms with Crippen LogP contribution < -0.4 is 4.90 Å². The van der Waals surface area contributed by atoms with Crippen molar-refractivity contribution in [2.75, 3.05) is 18.0 Å². The van der Waals surface area contributed by atoms with Crippen molar-refractivity contribution in [3.63, 3.8) is 0 Å². The fourth-order valence-electron chi connectivity index (χ4n) is 2.65. The molecule has 0 spiro atoms. The topological polar surface area (TPSA) is 59.7 Å². The summed E-state index contributed by atoms with van der Waals surface area (Å²) >= 11 is 0. The molecule has 100 valence electrons. The highest BCUT2D eigenvalue weighted by atomic mass is 15.3. The van der Waals surface area contributed by atoms with Gasteiger partial charge >= 0.3 is 0 Å². The Hall–Kier alpha value is -1.98. The molecule has 2 aromatic rings. The molecule has 0 atom stereocenters. The minimum Gasteiger partial charge on any atom is -0.356 e. The van der Waals surface area contributed by atoms with Crippen molar-refractivity contribution in [2.24, 2.45) is 7.05 Å². The summed E-state index contributed by atoms with van der Waals surface area (Å²) in [5.74, 6) is 3.46. The Balaban J connectivity index is 1.68. The maximum absolute atomic E-state index is 4.48. The SMILES string of the molecule is Cc1nccc(N2CCC(c3nncn3C)CC2)n1. The molecule has 3 heterocycles. The van der Waals surface area contributed by atoms with Crippen molar-refractivity contribution in [3.8, 4) is 0 Å². The standard InChI is InChI=1S/C13H18N6/c1-10-14-6-3-12(16-10)19-7-4-11(5-8-19)13-17-15-9-18(13)2/h3,6,9,11H,4-5,7-8H2,1-2H3. The normalized spacial score (nSPS) is 16.8. The van der Waals surface area contributed by atoms with E-state index in [9.17, 15) is 0 Å². The molecule has 19 heavy (non-hydrogen) atoms. The Morgan fingerprint density at radius 3 is 2.68 bits per heavy atom. The lowest BCUT2D eigenvalue weighted by atomic mass is 9.96. The fourth-order valence-corrected chi connectivity index (χ4v) is 2.65. The summed E-state index contributed by atoms with van der Waals surface area (Å²) in [5.41, 5.74) is 0. The van der Waals surface area contributed by atoms with Gasteiger partial charge in [-0.3, -0.25) is 0 Å². The van der Waals surface area contributed by atoms with Crippen LogP contribution in [0.2, 0.25) is 0 Å². The highest BCUT2D eigenvalue weighted by Gasteiger charge is 2.24. The summed E-state index contributed by atoms with van der Waals surface area (Å²) in [6.45, 7) is 3.94. The zero-order valence-corrected chi connectivity index (χ0v) is 11.3. The van der Waals surface area contributed by atoms with Crippen molar-refractivity contribution in [1.82, 2.24) is 24.7 Å². The lowest BCUT2D eigenvalue weighted by Crippen LogP contribution is -2.34. The summed E-state index contributed by atoms with van der Waals surface area (Å²) in [7, 11) is 2.01. The number of anilines is 1. The van der Waals surface area contributed by atoms with Crippen LogP contribution in [0.1, 0.15) is 30.4 Å². The van der Waals surface area contributed by atoms with Gasteiger partial charge in [-0.2, -0.15) is 0 Å². The Kier molecular flexibility index (Phi) is 3.15. The second-order valence-electron chi connectivity index (χ2n) is 5.02. The first-order valence-corrected chi connectivity index (χ1v) is 6.62. The van der Waals surface area contributed by atoms with Gasteiger partial charge in [0.05, 0.1) is 0 Å². The van der Waals surface area contributed by atoms with Crippen molar-refractivity contribution in [3.05, 3.63) is 30.2 Å². The quantitative estimate of drug-likeness (QED) is 0.812. The maximum atomic E-state index is 4.48. The van der Waals surface area contributed by atoms with E-state index in [4.69, 9.17) is 0 Å². The van der Waals surface area contributed by atoms with Gasteiger partial charge in [-0.25, -0.2) is 9.97 Å². The van der Waals surface area contributed by atoms with Crippen LogP contribution in [-0.4, -0.2) is 37.8 Å². The minimum absolute atomic E-state index is 0.506. The fraction of sp³-hybridized carbons (Fsp3) is 0.538. The first kappa shape index (κ1) is 12.1. The van der Waals surface area contributed by atoms with Gasteiger partial charge in [0.25, 0.3) is 0 Å². The molecular weight excluding hydrogens is 240 g/mol. The Morgan fingerprint density at radius 1 is 1.26 bits per heavy atom. The summed E-state index contributed by atoms with van der Waals surface area (Å²) < 4.78 is 2.02. The third-order valence-electron chi connectivity index (χ3n) is 3.69. The summed E-state index contributed by atoms with van der Waals surface area (Å²) in [6, 6.07) is 1.98. The van der Waals surface area contributed by atoms with Gasteiger partial charge in [-0.15, -0.1) is 10.2 Å². The van der Waals surface area contributed by atoms with Crippen molar-refractivity contribution < 1.29 is 0 Å². The van der Waals surface area contributed by atoms with Gasteiger partial charge in [0, 0.05) is 32.3 Å². The van der Waals surface area contributed by atoms with E-state index in [2.05, 4.69) is 25.1 Å². The molecule has 1 fully saturated rings. The molecule has 0 aromatic carbocycles. The summed E-state index contributed by atoms with van der Waals surface area (Å²) in [6.07, 6.45) is 5.78. The molecule has 1 saturated heterocycles. The van der Waals surface area contributed by atoms with Crippen LogP contribution in [-0.2, 0) is 7.05 Å². The lowest BCUT2D eigenvalue weighted by molar-refractivity contribution is 0.472. The summed E-state index contributed by atoms with van der Waals surface area (Å²) in [5, 5.41) is 8.18. The average molecular weight is 258 g/mol. The minimum atomic E-state index is 0.506. The van der Waals surface area contributed by atoms with Gasteiger partial charge in [0.1, 0.15) is 23.8 Å². The monoisotopic (exact) mass is 258 g/mol. The van der Waals surface area contributed by atoms with Crippen LogP contribution in [0.4, 0.5) is 5.82 Å².